The molecular weight excluding hydrogens is 227 g/mol. The second-order valence-corrected chi connectivity index (χ2v) is 4.77. The van der Waals surface area contributed by atoms with Crippen LogP contribution in [0, 0.1) is 5.82 Å². The zero-order valence-corrected chi connectivity index (χ0v) is 9.77. The van der Waals surface area contributed by atoms with Crippen molar-refractivity contribution in [1.82, 2.24) is 0 Å². The molecule has 3 heteroatoms. The van der Waals surface area contributed by atoms with Crippen LogP contribution < -0.4 is 0 Å². The van der Waals surface area contributed by atoms with E-state index in [1.54, 1.807) is 12.1 Å². The molecule has 1 aromatic carbocycles. The highest BCUT2D eigenvalue weighted by Crippen LogP contribution is 2.41. The van der Waals surface area contributed by atoms with Gasteiger partial charge in [0, 0.05) is 0 Å². The van der Waals surface area contributed by atoms with Gasteiger partial charge in [-0.2, -0.15) is 0 Å². The van der Waals surface area contributed by atoms with E-state index in [1.165, 1.54) is 12.1 Å². The fraction of sp³-hybridized carbons (Fsp3) is 0.462. The van der Waals surface area contributed by atoms with Gasteiger partial charge in [0.2, 0.25) is 5.24 Å². The lowest BCUT2D eigenvalue weighted by Crippen LogP contribution is -2.35. The van der Waals surface area contributed by atoms with Gasteiger partial charge in [-0.1, -0.05) is 31.4 Å². The summed E-state index contributed by atoms with van der Waals surface area (Å²) in [4.78, 5) is 11.7. The van der Waals surface area contributed by atoms with Crippen LogP contribution in [0.15, 0.2) is 24.3 Å². The molecule has 0 aliphatic heterocycles. The third kappa shape index (κ3) is 1.99. The third-order valence-corrected chi connectivity index (χ3v) is 3.84. The van der Waals surface area contributed by atoms with Crippen molar-refractivity contribution in [3.63, 3.8) is 0 Å². The summed E-state index contributed by atoms with van der Waals surface area (Å²) in [5.41, 5.74) is 0.279. The van der Waals surface area contributed by atoms with E-state index in [0.717, 1.165) is 37.7 Å². The molecule has 0 saturated heterocycles. The molecule has 0 aromatic heterocycles. The Balaban J connectivity index is 2.38. The first-order valence-electron chi connectivity index (χ1n) is 5.61. The molecule has 0 unspecified atom stereocenters. The summed E-state index contributed by atoms with van der Waals surface area (Å²) >= 11 is 5.76. The van der Waals surface area contributed by atoms with Crippen molar-refractivity contribution in [1.29, 1.82) is 0 Å². The van der Waals surface area contributed by atoms with Crippen LogP contribution >= 0.6 is 11.6 Å². The van der Waals surface area contributed by atoms with Gasteiger partial charge < -0.3 is 0 Å². The quantitative estimate of drug-likeness (QED) is 0.719. The van der Waals surface area contributed by atoms with E-state index in [0.29, 0.717) is 0 Å². The van der Waals surface area contributed by atoms with Crippen LogP contribution in [0.3, 0.4) is 0 Å². The van der Waals surface area contributed by atoms with Gasteiger partial charge in [0.1, 0.15) is 5.82 Å². The Hall–Kier alpha value is -0.890. The SMILES string of the molecule is O=C(Cl)C1(c2ccc(F)cc2)CCCCC1. The lowest BCUT2D eigenvalue weighted by Gasteiger charge is -2.34. The largest absolute Gasteiger partial charge is 0.280 e. The van der Waals surface area contributed by atoms with Crippen LogP contribution in [0.2, 0.25) is 0 Å². The van der Waals surface area contributed by atoms with Crippen molar-refractivity contribution in [2.75, 3.05) is 0 Å². The molecule has 2 rings (SSSR count). The Morgan fingerprint density at radius 1 is 1.12 bits per heavy atom. The van der Waals surface area contributed by atoms with Gasteiger partial charge in [0.05, 0.1) is 5.41 Å². The molecule has 1 fully saturated rings. The topological polar surface area (TPSA) is 17.1 Å². The molecule has 1 aromatic rings. The molecular formula is C13H14ClFO. The second kappa shape index (κ2) is 4.54. The van der Waals surface area contributed by atoms with E-state index < -0.39 is 5.41 Å². The van der Waals surface area contributed by atoms with Gasteiger partial charge in [0.15, 0.2) is 0 Å². The number of carbonyl (C=O) groups is 1. The molecule has 16 heavy (non-hydrogen) atoms. The van der Waals surface area contributed by atoms with E-state index >= 15 is 0 Å². The highest BCUT2D eigenvalue weighted by molar-refractivity contribution is 6.65. The van der Waals surface area contributed by atoms with Crippen LogP contribution in [0.5, 0.6) is 0 Å². The maximum Gasteiger partial charge on any atom is 0.232 e. The summed E-state index contributed by atoms with van der Waals surface area (Å²) in [6, 6.07) is 6.15. The molecule has 1 aliphatic rings. The van der Waals surface area contributed by atoms with E-state index in [1.807, 2.05) is 0 Å². The molecule has 0 heterocycles. The highest BCUT2D eigenvalue weighted by atomic mass is 35.5. The second-order valence-electron chi connectivity index (χ2n) is 4.42. The number of halogens is 2. The summed E-state index contributed by atoms with van der Waals surface area (Å²) in [6.07, 6.45) is 4.72. The summed E-state index contributed by atoms with van der Waals surface area (Å²) in [5.74, 6) is -0.281. The van der Waals surface area contributed by atoms with Gasteiger partial charge in [0.25, 0.3) is 0 Å². The average molecular weight is 241 g/mol. The van der Waals surface area contributed by atoms with Crippen LogP contribution in [0.25, 0.3) is 0 Å². The van der Waals surface area contributed by atoms with Crippen molar-refractivity contribution in [3.8, 4) is 0 Å². The maximum absolute atomic E-state index is 12.9. The van der Waals surface area contributed by atoms with Crippen molar-refractivity contribution in [2.24, 2.45) is 0 Å². The minimum absolute atomic E-state index is 0.281. The first kappa shape index (κ1) is 11.6. The fourth-order valence-electron chi connectivity index (χ4n) is 2.52. The molecule has 0 radical (unpaired) electrons. The van der Waals surface area contributed by atoms with E-state index in [-0.39, 0.29) is 11.1 Å². The zero-order valence-electron chi connectivity index (χ0n) is 9.01. The maximum atomic E-state index is 12.9. The average Bonchev–Trinajstić information content (AvgIpc) is 2.30. The molecule has 0 amide bonds. The molecule has 1 saturated carbocycles. The van der Waals surface area contributed by atoms with Gasteiger partial charge in [-0.3, -0.25) is 4.79 Å². The van der Waals surface area contributed by atoms with Gasteiger partial charge in [-0.05, 0) is 42.1 Å². The molecule has 86 valence electrons. The standard InChI is InChI=1S/C13H14ClFO/c14-12(16)13(8-2-1-3-9-13)10-4-6-11(15)7-5-10/h4-7H,1-3,8-9H2. The number of benzene rings is 1. The van der Waals surface area contributed by atoms with E-state index in [4.69, 9.17) is 11.6 Å². The predicted octanol–water partition coefficient (Wildman–Crippen LogP) is 3.79. The Kier molecular flexibility index (Phi) is 3.29. The van der Waals surface area contributed by atoms with E-state index in [9.17, 15) is 9.18 Å². The van der Waals surface area contributed by atoms with Gasteiger partial charge in [-0.25, -0.2) is 4.39 Å². The minimum atomic E-state index is -0.576. The van der Waals surface area contributed by atoms with Crippen molar-refractivity contribution in [3.05, 3.63) is 35.6 Å². The summed E-state index contributed by atoms with van der Waals surface area (Å²) in [6.45, 7) is 0. The molecule has 0 atom stereocenters. The minimum Gasteiger partial charge on any atom is -0.280 e. The monoisotopic (exact) mass is 240 g/mol. The van der Waals surface area contributed by atoms with E-state index in [2.05, 4.69) is 0 Å². The van der Waals surface area contributed by atoms with Crippen LogP contribution in [0.4, 0.5) is 4.39 Å². The lowest BCUT2D eigenvalue weighted by molar-refractivity contribution is -0.117. The molecule has 0 spiro atoms. The molecule has 0 bridgehead atoms. The van der Waals surface area contributed by atoms with Gasteiger partial charge >= 0.3 is 0 Å². The fourth-order valence-corrected chi connectivity index (χ4v) is 2.82. The first-order chi connectivity index (χ1) is 7.65. The summed E-state index contributed by atoms with van der Waals surface area (Å²) in [5, 5.41) is -0.307. The van der Waals surface area contributed by atoms with Crippen LogP contribution in [-0.4, -0.2) is 5.24 Å². The number of hydrogen-bond donors (Lipinski definition) is 0. The van der Waals surface area contributed by atoms with Gasteiger partial charge in [-0.15, -0.1) is 0 Å². The van der Waals surface area contributed by atoms with Crippen molar-refractivity contribution >= 4 is 16.8 Å². The number of hydrogen-bond acceptors (Lipinski definition) is 1. The number of carbonyl (C=O) groups excluding carboxylic acids is 1. The third-order valence-electron chi connectivity index (χ3n) is 3.48. The molecule has 1 aliphatic carbocycles. The van der Waals surface area contributed by atoms with Crippen LogP contribution in [0.1, 0.15) is 37.7 Å². The number of rotatable bonds is 2. The Morgan fingerprint density at radius 2 is 1.69 bits per heavy atom. The smallest absolute Gasteiger partial charge is 0.232 e. The predicted molar refractivity (Wildman–Crippen MR) is 62.0 cm³/mol. The summed E-state index contributed by atoms with van der Waals surface area (Å²) < 4.78 is 12.9. The normalized spacial score (nSPS) is 19.4. The highest BCUT2D eigenvalue weighted by Gasteiger charge is 2.39. The van der Waals surface area contributed by atoms with Crippen molar-refractivity contribution in [2.45, 2.75) is 37.5 Å². The zero-order chi connectivity index (χ0) is 11.6. The summed E-state index contributed by atoms with van der Waals surface area (Å²) in [7, 11) is 0. The Morgan fingerprint density at radius 3 is 2.19 bits per heavy atom. The Labute approximate surface area is 99.6 Å². The molecule has 1 nitrogen and oxygen atoms in total. The molecule has 0 N–H and O–H groups in total. The first-order valence-corrected chi connectivity index (χ1v) is 5.99. The lowest BCUT2D eigenvalue weighted by atomic mass is 9.70. The van der Waals surface area contributed by atoms with Crippen molar-refractivity contribution < 1.29 is 9.18 Å². The Bertz CT molecular complexity index is 379. The van der Waals surface area contributed by atoms with Crippen LogP contribution in [-0.2, 0) is 10.2 Å².